The van der Waals surface area contributed by atoms with E-state index in [0.29, 0.717) is 6.54 Å². The number of carboxylic acids is 1. The van der Waals surface area contributed by atoms with E-state index in [-0.39, 0.29) is 24.0 Å². The lowest BCUT2D eigenvalue weighted by molar-refractivity contribution is -0.138. The van der Waals surface area contributed by atoms with Gasteiger partial charge in [-0.25, -0.2) is 8.42 Å². The van der Waals surface area contributed by atoms with Crippen LogP contribution in [0.4, 0.5) is 0 Å². The van der Waals surface area contributed by atoms with Gasteiger partial charge in [0.15, 0.2) is 9.84 Å². The minimum Gasteiger partial charge on any atom is -0.481 e. The Hall–Kier alpha value is -0.620. The summed E-state index contributed by atoms with van der Waals surface area (Å²) >= 11 is 0. The highest BCUT2D eigenvalue weighted by molar-refractivity contribution is 7.91. The standard InChI is InChI=1S/C13H25NO4S/c1-2-3-4-5-6-7-14-8-9-19(17,18)11-12(14)10-13(15)16/h12H,2-11H2,1H3,(H,15,16). The summed E-state index contributed by atoms with van der Waals surface area (Å²) in [7, 11) is -3.05. The number of hydrogen-bond acceptors (Lipinski definition) is 4. The minimum absolute atomic E-state index is 0.00569. The molecule has 0 aliphatic carbocycles. The molecule has 0 bridgehead atoms. The third-order valence-corrected chi connectivity index (χ3v) is 5.31. The largest absolute Gasteiger partial charge is 0.481 e. The van der Waals surface area contributed by atoms with Crippen LogP contribution >= 0.6 is 0 Å². The summed E-state index contributed by atoms with van der Waals surface area (Å²) in [6.45, 7) is 3.46. The molecule has 0 spiro atoms. The lowest BCUT2D eigenvalue weighted by atomic mass is 10.1. The van der Waals surface area contributed by atoms with Gasteiger partial charge in [-0.05, 0) is 13.0 Å². The zero-order valence-corrected chi connectivity index (χ0v) is 12.5. The number of carboxylic acid groups (broad SMARTS) is 1. The van der Waals surface area contributed by atoms with Gasteiger partial charge in [-0.3, -0.25) is 9.69 Å². The molecule has 0 saturated carbocycles. The molecule has 1 heterocycles. The lowest BCUT2D eigenvalue weighted by Gasteiger charge is -2.34. The fraction of sp³-hybridized carbons (Fsp3) is 0.923. The number of aliphatic carboxylic acids is 1. The van der Waals surface area contributed by atoms with E-state index in [4.69, 9.17) is 5.11 Å². The van der Waals surface area contributed by atoms with Crippen LogP contribution in [0.3, 0.4) is 0 Å². The average Bonchev–Trinajstić information content (AvgIpc) is 2.30. The van der Waals surface area contributed by atoms with Crippen molar-refractivity contribution in [2.75, 3.05) is 24.6 Å². The second kappa shape index (κ2) is 7.85. The molecule has 1 rings (SSSR count). The van der Waals surface area contributed by atoms with Gasteiger partial charge >= 0.3 is 5.97 Å². The van der Waals surface area contributed by atoms with Gasteiger partial charge in [-0.1, -0.05) is 32.6 Å². The fourth-order valence-corrected chi connectivity index (χ4v) is 4.12. The smallest absolute Gasteiger partial charge is 0.304 e. The second-order valence-corrected chi connectivity index (χ2v) is 7.54. The van der Waals surface area contributed by atoms with Gasteiger partial charge in [0, 0.05) is 12.6 Å². The van der Waals surface area contributed by atoms with Crippen LogP contribution in [0.25, 0.3) is 0 Å². The fourth-order valence-electron chi connectivity index (χ4n) is 2.52. The van der Waals surface area contributed by atoms with Gasteiger partial charge in [0.05, 0.1) is 17.9 Å². The highest BCUT2D eigenvalue weighted by Gasteiger charge is 2.32. The Kier molecular flexibility index (Phi) is 6.79. The SMILES string of the molecule is CCCCCCCN1CCS(=O)(=O)CC1CC(=O)O. The zero-order valence-electron chi connectivity index (χ0n) is 11.7. The molecule has 112 valence electrons. The van der Waals surface area contributed by atoms with Crippen molar-refractivity contribution in [1.82, 2.24) is 4.90 Å². The van der Waals surface area contributed by atoms with Crippen molar-refractivity contribution in [3.05, 3.63) is 0 Å². The van der Waals surface area contributed by atoms with Crippen LogP contribution in [0.1, 0.15) is 45.4 Å². The molecular weight excluding hydrogens is 266 g/mol. The number of hydrogen-bond donors (Lipinski definition) is 1. The van der Waals surface area contributed by atoms with Gasteiger partial charge in [0.1, 0.15) is 0 Å². The van der Waals surface area contributed by atoms with Crippen molar-refractivity contribution in [3.8, 4) is 0 Å². The Morgan fingerprint density at radius 1 is 1.26 bits per heavy atom. The molecule has 0 radical (unpaired) electrons. The van der Waals surface area contributed by atoms with Gasteiger partial charge < -0.3 is 5.11 Å². The summed E-state index contributed by atoms with van der Waals surface area (Å²) in [6.07, 6.45) is 5.71. The van der Waals surface area contributed by atoms with E-state index >= 15 is 0 Å². The highest BCUT2D eigenvalue weighted by Crippen LogP contribution is 2.16. The normalized spacial score (nSPS) is 23.3. The molecule has 1 aliphatic rings. The molecule has 1 atom stereocenters. The van der Waals surface area contributed by atoms with E-state index in [1.54, 1.807) is 0 Å². The van der Waals surface area contributed by atoms with Crippen molar-refractivity contribution in [1.29, 1.82) is 0 Å². The van der Waals surface area contributed by atoms with Crippen LogP contribution in [-0.4, -0.2) is 55.0 Å². The molecule has 1 unspecified atom stereocenters. The molecule has 0 aromatic rings. The number of carbonyl (C=O) groups is 1. The monoisotopic (exact) mass is 291 g/mol. The first-order valence-electron chi connectivity index (χ1n) is 7.11. The van der Waals surface area contributed by atoms with Crippen molar-refractivity contribution in [2.24, 2.45) is 0 Å². The third kappa shape index (κ3) is 6.38. The molecular formula is C13H25NO4S. The summed E-state index contributed by atoms with van der Waals surface area (Å²) in [5, 5.41) is 8.87. The van der Waals surface area contributed by atoms with Crippen LogP contribution in [0, 0.1) is 0 Å². The average molecular weight is 291 g/mol. The maximum Gasteiger partial charge on any atom is 0.304 e. The Balaban J connectivity index is 2.42. The van der Waals surface area contributed by atoms with Gasteiger partial charge in [-0.2, -0.15) is 0 Å². The molecule has 1 aliphatic heterocycles. The van der Waals surface area contributed by atoms with Crippen LogP contribution < -0.4 is 0 Å². The first-order valence-corrected chi connectivity index (χ1v) is 8.93. The molecule has 0 amide bonds. The van der Waals surface area contributed by atoms with E-state index in [1.165, 1.54) is 19.3 Å². The number of nitrogens with zero attached hydrogens (tertiary/aromatic N) is 1. The predicted molar refractivity (Wildman–Crippen MR) is 75.0 cm³/mol. The van der Waals surface area contributed by atoms with E-state index in [9.17, 15) is 13.2 Å². The Morgan fingerprint density at radius 3 is 2.58 bits per heavy atom. The minimum atomic E-state index is -3.05. The topological polar surface area (TPSA) is 74.7 Å². The third-order valence-electron chi connectivity index (χ3n) is 3.61. The Labute approximate surface area is 115 Å². The Morgan fingerprint density at radius 2 is 1.95 bits per heavy atom. The molecule has 5 nitrogen and oxygen atoms in total. The number of sulfone groups is 1. The second-order valence-electron chi connectivity index (χ2n) is 5.32. The maximum absolute atomic E-state index is 11.6. The van der Waals surface area contributed by atoms with Crippen LogP contribution in [0.5, 0.6) is 0 Å². The summed E-state index contributed by atoms with van der Waals surface area (Å²) in [5.41, 5.74) is 0. The summed E-state index contributed by atoms with van der Waals surface area (Å²) in [4.78, 5) is 12.9. The van der Waals surface area contributed by atoms with Gasteiger partial charge in [0.2, 0.25) is 0 Å². The summed E-state index contributed by atoms with van der Waals surface area (Å²) < 4.78 is 23.2. The highest BCUT2D eigenvalue weighted by atomic mass is 32.2. The number of rotatable bonds is 8. The molecule has 0 aromatic carbocycles. The summed E-state index contributed by atoms with van der Waals surface area (Å²) in [5.74, 6) is -0.759. The quantitative estimate of drug-likeness (QED) is 0.686. The van der Waals surface area contributed by atoms with E-state index < -0.39 is 15.8 Å². The maximum atomic E-state index is 11.6. The van der Waals surface area contributed by atoms with Crippen molar-refractivity contribution < 1.29 is 18.3 Å². The first-order chi connectivity index (χ1) is 8.94. The van der Waals surface area contributed by atoms with Gasteiger partial charge in [-0.15, -0.1) is 0 Å². The molecule has 1 fully saturated rings. The van der Waals surface area contributed by atoms with E-state index in [2.05, 4.69) is 6.92 Å². The molecule has 1 saturated heterocycles. The number of unbranched alkanes of at least 4 members (excludes halogenated alkanes) is 4. The van der Waals surface area contributed by atoms with Crippen LogP contribution in [0.15, 0.2) is 0 Å². The van der Waals surface area contributed by atoms with Crippen LogP contribution in [-0.2, 0) is 14.6 Å². The van der Waals surface area contributed by atoms with E-state index in [1.807, 2.05) is 4.90 Å². The predicted octanol–water partition coefficient (Wildman–Crippen LogP) is 1.53. The first kappa shape index (κ1) is 16.4. The Bertz CT molecular complexity index is 380. The summed E-state index contributed by atoms with van der Waals surface area (Å²) in [6, 6.07) is -0.345. The molecule has 19 heavy (non-hydrogen) atoms. The molecule has 6 heteroatoms. The van der Waals surface area contributed by atoms with Crippen molar-refractivity contribution in [2.45, 2.75) is 51.5 Å². The van der Waals surface area contributed by atoms with Crippen LogP contribution in [0.2, 0.25) is 0 Å². The molecule has 1 N–H and O–H groups in total. The molecule has 0 aromatic heterocycles. The lowest BCUT2D eigenvalue weighted by Crippen LogP contribution is -2.49. The van der Waals surface area contributed by atoms with E-state index in [0.717, 1.165) is 19.4 Å². The zero-order chi connectivity index (χ0) is 14.3. The van der Waals surface area contributed by atoms with Crippen molar-refractivity contribution >= 4 is 15.8 Å². The van der Waals surface area contributed by atoms with Crippen molar-refractivity contribution in [3.63, 3.8) is 0 Å². The van der Waals surface area contributed by atoms with Gasteiger partial charge in [0.25, 0.3) is 0 Å².